The third-order valence-electron chi connectivity index (χ3n) is 2.99. The molecule has 0 aromatic carbocycles. The van der Waals surface area contributed by atoms with E-state index in [2.05, 4.69) is 31.1 Å². The van der Waals surface area contributed by atoms with E-state index < -0.39 is 0 Å². The molecule has 0 spiro atoms. The molecule has 1 unspecified atom stereocenters. The Morgan fingerprint density at radius 2 is 2.21 bits per heavy atom. The lowest BCUT2D eigenvalue weighted by molar-refractivity contribution is 0.0937. The fourth-order valence-electron chi connectivity index (χ4n) is 1.33. The zero-order valence-corrected chi connectivity index (χ0v) is 9.36. The van der Waals surface area contributed by atoms with Gasteiger partial charge in [-0.05, 0) is 11.3 Å². The van der Waals surface area contributed by atoms with Crippen molar-refractivity contribution >= 4 is 0 Å². The summed E-state index contributed by atoms with van der Waals surface area (Å²) >= 11 is 0. The largest absolute Gasteiger partial charge is 0.396 e. The first-order valence-corrected chi connectivity index (χ1v) is 4.94. The van der Waals surface area contributed by atoms with Gasteiger partial charge in [0.25, 0.3) is 0 Å². The zero-order valence-electron chi connectivity index (χ0n) is 9.36. The monoisotopic (exact) mass is 197 g/mol. The minimum atomic E-state index is -0.101. The van der Waals surface area contributed by atoms with E-state index in [0.29, 0.717) is 5.92 Å². The Morgan fingerprint density at radius 1 is 1.57 bits per heavy atom. The minimum absolute atomic E-state index is 0.101. The molecule has 0 saturated carbocycles. The molecular weight excluding hydrogens is 178 g/mol. The summed E-state index contributed by atoms with van der Waals surface area (Å²) in [5, 5.41) is 17.3. The van der Waals surface area contributed by atoms with Crippen molar-refractivity contribution in [2.75, 3.05) is 6.61 Å². The highest BCUT2D eigenvalue weighted by Crippen LogP contribution is 2.29. The van der Waals surface area contributed by atoms with Crippen LogP contribution in [-0.4, -0.2) is 26.7 Å². The first-order chi connectivity index (χ1) is 6.48. The number of hydrogen-bond acceptors (Lipinski definition) is 3. The molecule has 14 heavy (non-hydrogen) atoms. The van der Waals surface area contributed by atoms with Crippen LogP contribution in [0.1, 0.15) is 26.5 Å². The molecule has 1 aromatic heterocycles. The van der Waals surface area contributed by atoms with Crippen molar-refractivity contribution in [1.29, 1.82) is 0 Å². The van der Waals surface area contributed by atoms with Crippen LogP contribution in [0.3, 0.4) is 0 Å². The fourth-order valence-corrected chi connectivity index (χ4v) is 1.33. The van der Waals surface area contributed by atoms with Gasteiger partial charge in [0, 0.05) is 26.3 Å². The molecule has 1 aromatic rings. The van der Waals surface area contributed by atoms with Crippen molar-refractivity contribution in [3.05, 3.63) is 11.9 Å². The molecular formula is C10H19N3O. The molecule has 0 aliphatic carbocycles. The van der Waals surface area contributed by atoms with Crippen LogP contribution in [0, 0.1) is 11.3 Å². The quantitative estimate of drug-likeness (QED) is 0.783. The Bertz CT molecular complexity index is 295. The fraction of sp³-hybridized carbons (Fsp3) is 0.800. The van der Waals surface area contributed by atoms with E-state index in [1.807, 2.05) is 13.2 Å². The molecule has 1 atom stereocenters. The predicted octanol–water partition coefficient (Wildman–Crippen LogP) is 1.01. The maximum atomic E-state index is 9.37. The first-order valence-electron chi connectivity index (χ1n) is 4.94. The van der Waals surface area contributed by atoms with E-state index in [0.717, 1.165) is 12.1 Å². The molecule has 0 radical (unpaired) electrons. The summed E-state index contributed by atoms with van der Waals surface area (Å²) in [6, 6.07) is 0. The standard InChI is InChI=1S/C10H19N3O/c1-8(2)10(3,7-14)5-9-6-13(4)12-11-9/h6,8,14H,5,7H2,1-4H3. The van der Waals surface area contributed by atoms with Crippen LogP contribution in [0.15, 0.2) is 6.20 Å². The lowest BCUT2D eigenvalue weighted by atomic mass is 9.76. The van der Waals surface area contributed by atoms with E-state index in [9.17, 15) is 5.11 Å². The summed E-state index contributed by atoms with van der Waals surface area (Å²) in [4.78, 5) is 0. The highest BCUT2D eigenvalue weighted by atomic mass is 16.3. The van der Waals surface area contributed by atoms with Crippen LogP contribution < -0.4 is 0 Å². The second-order valence-corrected chi connectivity index (χ2v) is 4.53. The summed E-state index contributed by atoms with van der Waals surface area (Å²) in [6.45, 7) is 6.49. The maximum absolute atomic E-state index is 9.37. The number of aliphatic hydroxyl groups is 1. The maximum Gasteiger partial charge on any atom is 0.0833 e. The molecule has 4 nitrogen and oxygen atoms in total. The number of rotatable bonds is 4. The second-order valence-electron chi connectivity index (χ2n) is 4.53. The van der Waals surface area contributed by atoms with Crippen LogP contribution >= 0.6 is 0 Å². The van der Waals surface area contributed by atoms with Crippen LogP contribution in [-0.2, 0) is 13.5 Å². The molecule has 0 amide bonds. The van der Waals surface area contributed by atoms with Gasteiger partial charge in [-0.2, -0.15) is 0 Å². The minimum Gasteiger partial charge on any atom is -0.396 e. The summed E-state index contributed by atoms with van der Waals surface area (Å²) < 4.78 is 1.69. The van der Waals surface area contributed by atoms with Gasteiger partial charge in [0.2, 0.25) is 0 Å². The summed E-state index contributed by atoms with van der Waals surface area (Å²) in [6.07, 6.45) is 2.67. The second kappa shape index (κ2) is 4.09. The van der Waals surface area contributed by atoms with Crippen molar-refractivity contribution in [3.8, 4) is 0 Å². The Hall–Kier alpha value is -0.900. The predicted molar refractivity (Wildman–Crippen MR) is 54.7 cm³/mol. The average molecular weight is 197 g/mol. The zero-order chi connectivity index (χ0) is 10.8. The van der Waals surface area contributed by atoms with E-state index in [1.165, 1.54) is 0 Å². The van der Waals surface area contributed by atoms with E-state index in [4.69, 9.17) is 0 Å². The number of nitrogens with zero attached hydrogens (tertiary/aromatic N) is 3. The van der Waals surface area contributed by atoms with Gasteiger partial charge in [0.1, 0.15) is 0 Å². The van der Waals surface area contributed by atoms with E-state index >= 15 is 0 Å². The van der Waals surface area contributed by atoms with Crippen molar-refractivity contribution in [2.24, 2.45) is 18.4 Å². The van der Waals surface area contributed by atoms with Gasteiger partial charge in [-0.1, -0.05) is 26.0 Å². The van der Waals surface area contributed by atoms with Crippen LogP contribution in [0.4, 0.5) is 0 Å². The molecule has 0 saturated heterocycles. The third kappa shape index (κ3) is 2.32. The lowest BCUT2D eigenvalue weighted by Gasteiger charge is -2.30. The van der Waals surface area contributed by atoms with E-state index in [1.54, 1.807) is 4.68 Å². The SMILES string of the molecule is CC(C)C(C)(CO)Cc1cn(C)nn1. The summed E-state index contributed by atoms with van der Waals surface area (Å²) in [5.41, 5.74) is 0.841. The van der Waals surface area contributed by atoms with Gasteiger partial charge < -0.3 is 5.11 Å². The molecule has 1 heterocycles. The van der Waals surface area contributed by atoms with Crippen molar-refractivity contribution in [2.45, 2.75) is 27.2 Å². The van der Waals surface area contributed by atoms with Gasteiger partial charge >= 0.3 is 0 Å². The molecule has 1 rings (SSSR count). The van der Waals surface area contributed by atoms with Crippen LogP contribution in [0.25, 0.3) is 0 Å². The summed E-state index contributed by atoms with van der Waals surface area (Å²) in [5.74, 6) is 0.425. The lowest BCUT2D eigenvalue weighted by Crippen LogP contribution is -2.30. The Balaban J connectivity index is 2.75. The smallest absolute Gasteiger partial charge is 0.0833 e. The molecule has 0 aliphatic rings. The Labute approximate surface area is 84.9 Å². The topological polar surface area (TPSA) is 50.9 Å². The number of aryl methyl sites for hydroxylation is 1. The van der Waals surface area contributed by atoms with Crippen LogP contribution in [0.2, 0.25) is 0 Å². The molecule has 1 N–H and O–H groups in total. The molecule has 0 fully saturated rings. The normalized spacial score (nSPS) is 15.9. The number of aliphatic hydroxyl groups excluding tert-OH is 1. The van der Waals surface area contributed by atoms with Gasteiger partial charge in [0.05, 0.1) is 5.69 Å². The Kier molecular flexibility index (Phi) is 3.26. The first kappa shape index (κ1) is 11.2. The van der Waals surface area contributed by atoms with Crippen molar-refractivity contribution in [1.82, 2.24) is 15.0 Å². The molecule has 4 heteroatoms. The molecule has 80 valence electrons. The molecule has 0 bridgehead atoms. The highest BCUT2D eigenvalue weighted by Gasteiger charge is 2.28. The highest BCUT2D eigenvalue weighted by molar-refractivity contribution is 4.98. The van der Waals surface area contributed by atoms with Gasteiger partial charge in [-0.3, -0.25) is 4.68 Å². The van der Waals surface area contributed by atoms with Crippen LogP contribution in [0.5, 0.6) is 0 Å². The van der Waals surface area contributed by atoms with Gasteiger partial charge in [0.15, 0.2) is 0 Å². The molecule has 0 aliphatic heterocycles. The number of hydrogen-bond donors (Lipinski definition) is 1. The number of aromatic nitrogens is 3. The third-order valence-corrected chi connectivity index (χ3v) is 2.99. The van der Waals surface area contributed by atoms with Crippen molar-refractivity contribution in [3.63, 3.8) is 0 Å². The summed E-state index contributed by atoms with van der Waals surface area (Å²) in [7, 11) is 1.85. The van der Waals surface area contributed by atoms with E-state index in [-0.39, 0.29) is 12.0 Å². The van der Waals surface area contributed by atoms with Gasteiger partial charge in [-0.15, -0.1) is 5.10 Å². The van der Waals surface area contributed by atoms with Gasteiger partial charge in [-0.25, -0.2) is 0 Å². The average Bonchev–Trinajstić information content (AvgIpc) is 2.50. The van der Waals surface area contributed by atoms with Crippen molar-refractivity contribution < 1.29 is 5.11 Å². The Morgan fingerprint density at radius 3 is 2.57 bits per heavy atom.